The van der Waals surface area contributed by atoms with E-state index in [1.807, 2.05) is 35.5 Å². The smallest absolute Gasteiger partial charge is 0.0649 e. The van der Waals surface area contributed by atoms with Crippen molar-refractivity contribution >= 4 is 23.1 Å². The van der Waals surface area contributed by atoms with E-state index < -0.39 is 0 Å². The lowest BCUT2D eigenvalue weighted by atomic mass is 10.0. The molecule has 0 radical (unpaired) electrons. The third kappa shape index (κ3) is 2.86. The topological polar surface area (TPSA) is 24.9 Å². The molecule has 1 aliphatic heterocycles. The maximum absolute atomic E-state index is 4.08. The highest BCUT2D eigenvalue weighted by molar-refractivity contribution is 8.01. The summed E-state index contributed by atoms with van der Waals surface area (Å²) >= 11 is 3.88. The molecule has 0 saturated heterocycles. The number of thioether (sulfide) groups is 1. The molecule has 0 amide bonds. The van der Waals surface area contributed by atoms with Gasteiger partial charge in [-0.3, -0.25) is 4.98 Å². The molecular weight excluding hydrogens is 272 g/mol. The number of aromatic nitrogens is 1. The summed E-state index contributed by atoms with van der Waals surface area (Å²) in [6, 6.07) is 7.28. The monoisotopic (exact) mass is 290 g/mol. The number of hydrogen-bond acceptors (Lipinski definition) is 4. The highest BCUT2D eigenvalue weighted by Crippen LogP contribution is 2.44. The van der Waals surface area contributed by atoms with E-state index in [0.717, 1.165) is 0 Å². The predicted molar refractivity (Wildman–Crippen MR) is 82.8 cm³/mol. The third-order valence-corrected chi connectivity index (χ3v) is 5.91. The summed E-state index contributed by atoms with van der Waals surface area (Å²) in [7, 11) is 0. The Morgan fingerprint density at radius 3 is 2.89 bits per heavy atom. The lowest BCUT2D eigenvalue weighted by molar-refractivity contribution is 0.435. The highest BCUT2D eigenvalue weighted by atomic mass is 32.2. The minimum absolute atomic E-state index is 0.357. The highest BCUT2D eigenvalue weighted by Gasteiger charge is 2.27. The van der Waals surface area contributed by atoms with Crippen molar-refractivity contribution in [2.75, 3.05) is 0 Å². The van der Waals surface area contributed by atoms with Crippen LogP contribution in [0.3, 0.4) is 0 Å². The normalized spacial score (nSPS) is 23.9. The Kier molecular flexibility index (Phi) is 3.91. The number of hydrogen-bond donors (Lipinski definition) is 1. The molecule has 0 bridgehead atoms. The summed E-state index contributed by atoms with van der Waals surface area (Å²) in [5.74, 6) is 0. The summed E-state index contributed by atoms with van der Waals surface area (Å²) in [6.07, 6.45) is 4.93. The van der Waals surface area contributed by atoms with Crippen molar-refractivity contribution in [3.05, 3.63) is 47.1 Å². The first kappa shape index (κ1) is 13.2. The van der Waals surface area contributed by atoms with Crippen LogP contribution in [0.4, 0.5) is 0 Å². The molecule has 0 aromatic carbocycles. The van der Waals surface area contributed by atoms with Crippen LogP contribution >= 0.6 is 23.1 Å². The van der Waals surface area contributed by atoms with Gasteiger partial charge in [0.05, 0.1) is 4.21 Å². The molecule has 0 spiro atoms. The van der Waals surface area contributed by atoms with E-state index in [4.69, 9.17) is 0 Å². The Hall–Kier alpha value is -0.840. The van der Waals surface area contributed by atoms with Gasteiger partial charge in [-0.25, -0.2) is 0 Å². The average molecular weight is 290 g/mol. The fraction of sp³-hybridized carbons (Fsp3) is 0.400. The SMILES string of the molecule is C[C@H]1CC(N[C@H](C)c2ccncc2)c2ccsc2S1. The van der Waals surface area contributed by atoms with Crippen molar-refractivity contribution in [1.29, 1.82) is 0 Å². The molecule has 3 heterocycles. The zero-order valence-electron chi connectivity index (χ0n) is 11.2. The molecule has 2 nitrogen and oxygen atoms in total. The summed E-state index contributed by atoms with van der Waals surface area (Å²) in [5, 5.41) is 6.67. The van der Waals surface area contributed by atoms with Crippen molar-refractivity contribution in [2.24, 2.45) is 0 Å². The molecule has 3 atom stereocenters. The quantitative estimate of drug-likeness (QED) is 0.906. The average Bonchev–Trinajstić information content (AvgIpc) is 2.88. The number of pyridine rings is 1. The lowest BCUT2D eigenvalue weighted by Crippen LogP contribution is -2.28. The minimum Gasteiger partial charge on any atom is -0.303 e. The van der Waals surface area contributed by atoms with Gasteiger partial charge in [0.2, 0.25) is 0 Å². The van der Waals surface area contributed by atoms with Gasteiger partial charge >= 0.3 is 0 Å². The maximum atomic E-state index is 4.08. The first-order chi connectivity index (χ1) is 9.24. The summed E-state index contributed by atoms with van der Waals surface area (Å²) in [4.78, 5) is 4.08. The largest absolute Gasteiger partial charge is 0.303 e. The van der Waals surface area contributed by atoms with E-state index in [1.54, 1.807) is 0 Å². The van der Waals surface area contributed by atoms with Gasteiger partial charge in [-0.2, -0.15) is 0 Å². The predicted octanol–water partition coefficient (Wildman–Crippen LogP) is 4.42. The van der Waals surface area contributed by atoms with Gasteiger partial charge in [0.25, 0.3) is 0 Å². The molecule has 0 saturated carbocycles. The second-order valence-electron chi connectivity index (χ2n) is 5.05. The van der Waals surface area contributed by atoms with Crippen LogP contribution in [0.25, 0.3) is 0 Å². The zero-order chi connectivity index (χ0) is 13.2. The van der Waals surface area contributed by atoms with Crippen LogP contribution in [0.15, 0.2) is 40.2 Å². The first-order valence-electron chi connectivity index (χ1n) is 6.64. The second kappa shape index (κ2) is 5.65. The lowest BCUT2D eigenvalue weighted by Gasteiger charge is -2.30. The fourth-order valence-electron chi connectivity index (χ4n) is 2.56. The van der Waals surface area contributed by atoms with Crippen LogP contribution < -0.4 is 5.32 Å². The van der Waals surface area contributed by atoms with Crippen molar-refractivity contribution in [2.45, 2.75) is 41.8 Å². The van der Waals surface area contributed by atoms with Crippen LogP contribution in [-0.4, -0.2) is 10.2 Å². The van der Waals surface area contributed by atoms with Gasteiger partial charge in [-0.05, 0) is 48.1 Å². The van der Waals surface area contributed by atoms with E-state index >= 15 is 0 Å². The van der Waals surface area contributed by atoms with Gasteiger partial charge in [0.15, 0.2) is 0 Å². The number of fused-ring (bicyclic) bond motifs is 1. The Morgan fingerprint density at radius 1 is 1.32 bits per heavy atom. The Balaban J connectivity index is 1.77. The summed E-state index contributed by atoms with van der Waals surface area (Å²) < 4.78 is 1.48. The van der Waals surface area contributed by atoms with Gasteiger partial charge in [-0.1, -0.05) is 6.92 Å². The van der Waals surface area contributed by atoms with Crippen LogP contribution in [-0.2, 0) is 0 Å². The third-order valence-electron chi connectivity index (χ3n) is 3.57. The molecule has 0 fully saturated rings. The minimum atomic E-state index is 0.357. The van der Waals surface area contributed by atoms with Crippen LogP contribution in [0.2, 0.25) is 0 Å². The number of rotatable bonds is 3. The molecule has 4 heteroatoms. The molecule has 19 heavy (non-hydrogen) atoms. The Morgan fingerprint density at radius 2 is 2.11 bits per heavy atom. The van der Waals surface area contributed by atoms with E-state index in [0.29, 0.717) is 17.3 Å². The fourth-order valence-corrected chi connectivity index (χ4v) is 5.12. The zero-order valence-corrected chi connectivity index (χ0v) is 12.8. The molecule has 1 unspecified atom stereocenters. The molecule has 1 aliphatic rings. The number of nitrogens with one attached hydrogen (secondary N) is 1. The van der Waals surface area contributed by atoms with Gasteiger partial charge in [-0.15, -0.1) is 23.1 Å². The maximum Gasteiger partial charge on any atom is 0.0649 e. The van der Waals surface area contributed by atoms with Crippen LogP contribution in [0.5, 0.6) is 0 Å². The molecule has 2 aromatic heterocycles. The van der Waals surface area contributed by atoms with E-state index in [1.165, 1.54) is 21.8 Å². The standard InChI is InChI=1S/C15H18N2S2/c1-10-9-14(13-5-8-18-15(13)19-10)17-11(2)12-3-6-16-7-4-12/h3-8,10-11,14,17H,9H2,1-2H3/t10-,11+,14?/m0/s1. The Labute approximate surface area is 122 Å². The van der Waals surface area contributed by atoms with Crippen molar-refractivity contribution in [3.63, 3.8) is 0 Å². The summed E-state index contributed by atoms with van der Waals surface area (Å²) in [5.41, 5.74) is 2.78. The summed E-state index contributed by atoms with van der Waals surface area (Å²) in [6.45, 7) is 4.55. The Bertz CT molecular complexity index is 538. The van der Waals surface area contributed by atoms with Crippen LogP contribution in [0.1, 0.15) is 43.5 Å². The van der Waals surface area contributed by atoms with Gasteiger partial charge < -0.3 is 5.32 Å². The van der Waals surface area contributed by atoms with E-state index in [9.17, 15) is 0 Å². The molecular formula is C15H18N2S2. The number of thiophene rings is 1. The molecule has 1 N–H and O–H groups in total. The van der Waals surface area contributed by atoms with Crippen molar-refractivity contribution in [1.82, 2.24) is 10.3 Å². The van der Waals surface area contributed by atoms with Crippen LogP contribution in [0, 0.1) is 0 Å². The first-order valence-corrected chi connectivity index (χ1v) is 8.40. The van der Waals surface area contributed by atoms with Crippen molar-refractivity contribution < 1.29 is 0 Å². The van der Waals surface area contributed by atoms with Crippen molar-refractivity contribution in [3.8, 4) is 0 Å². The number of nitrogens with zero attached hydrogens (tertiary/aromatic N) is 1. The van der Waals surface area contributed by atoms with E-state index in [2.05, 4.69) is 47.7 Å². The van der Waals surface area contributed by atoms with E-state index in [-0.39, 0.29) is 0 Å². The molecule has 2 aromatic rings. The molecule has 3 rings (SSSR count). The van der Waals surface area contributed by atoms with Gasteiger partial charge in [0.1, 0.15) is 0 Å². The molecule has 100 valence electrons. The second-order valence-corrected chi connectivity index (χ2v) is 7.67. The van der Waals surface area contributed by atoms with Gasteiger partial charge in [0, 0.05) is 29.7 Å². The molecule has 0 aliphatic carbocycles.